The fourth-order valence-corrected chi connectivity index (χ4v) is 4.09. The number of carbonyl (C=O) groups excluding carboxylic acids is 1. The van der Waals surface area contributed by atoms with E-state index in [0.717, 1.165) is 32.1 Å². The predicted molar refractivity (Wildman–Crippen MR) is 95.1 cm³/mol. The Hall–Kier alpha value is -1.93. The lowest BCUT2D eigenvalue weighted by Crippen LogP contribution is -2.44. The van der Waals surface area contributed by atoms with Crippen LogP contribution >= 0.6 is 0 Å². The van der Waals surface area contributed by atoms with Crippen molar-refractivity contribution in [3.63, 3.8) is 0 Å². The highest BCUT2D eigenvalue weighted by atomic mass is 16.5. The Bertz CT molecular complexity index is 763. The van der Waals surface area contributed by atoms with Crippen LogP contribution < -0.4 is 16.6 Å². The summed E-state index contributed by atoms with van der Waals surface area (Å²) in [5.74, 6) is -0.540. The van der Waals surface area contributed by atoms with Crippen molar-refractivity contribution < 1.29 is 14.6 Å². The summed E-state index contributed by atoms with van der Waals surface area (Å²) in [5.41, 5.74) is 0.547. The van der Waals surface area contributed by atoms with Gasteiger partial charge in [0.05, 0.1) is 13.2 Å². The van der Waals surface area contributed by atoms with Gasteiger partial charge in [-0.1, -0.05) is 19.3 Å². The molecule has 0 bridgehead atoms. The molecule has 0 amide bonds. The van der Waals surface area contributed by atoms with Crippen molar-refractivity contribution in [2.75, 3.05) is 13.2 Å². The lowest BCUT2D eigenvalue weighted by Gasteiger charge is -2.24. The minimum atomic E-state index is -0.879. The van der Waals surface area contributed by atoms with Crippen molar-refractivity contribution in [2.24, 2.45) is 0 Å². The summed E-state index contributed by atoms with van der Waals surface area (Å²) < 4.78 is 6.32. The van der Waals surface area contributed by atoms with Gasteiger partial charge in [0.1, 0.15) is 6.04 Å². The average molecular weight is 365 g/mol. The largest absolute Gasteiger partial charge is 0.465 e. The molecule has 1 fully saturated rings. The second-order valence-electron chi connectivity index (χ2n) is 7.03. The molecule has 0 unspecified atom stereocenters. The predicted octanol–water partition coefficient (Wildman–Crippen LogP) is 0.543. The molecule has 0 aromatic carbocycles. The van der Waals surface area contributed by atoms with E-state index in [-0.39, 0.29) is 29.9 Å². The SMILES string of the molecule is CCOC(=O)[C@H](CO)N[C@H]1CCc2c1[nH]c(=O)n(C1CCCCC1)c2=O. The van der Waals surface area contributed by atoms with Crippen LogP contribution in [0.3, 0.4) is 0 Å². The quantitative estimate of drug-likeness (QED) is 0.634. The zero-order valence-corrected chi connectivity index (χ0v) is 15.1. The number of ether oxygens (including phenoxy) is 1. The van der Waals surface area contributed by atoms with Crippen molar-refractivity contribution in [2.45, 2.75) is 70.0 Å². The fraction of sp³-hybridized carbons (Fsp3) is 0.722. The van der Waals surface area contributed by atoms with Gasteiger partial charge in [-0.05, 0) is 32.6 Å². The normalized spacial score (nSPS) is 21.4. The molecule has 8 heteroatoms. The van der Waals surface area contributed by atoms with Gasteiger partial charge in [0.25, 0.3) is 5.56 Å². The summed E-state index contributed by atoms with van der Waals surface area (Å²) in [6.45, 7) is 1.51. The second-order valence-corrected chi connectivity index (χ2v) is 7.03. The van der Waals surface area contributed by atoms with E-state index in [1.54, 1.807) is 6.92 Å². The Morgan fingerprint density at radius 2 is 2.04 bits per heavy atom. The molecule has 1 aromatic heterocycles. The first-order chi connectivity index (χ1) is 12.6. The number of hydrogen-bond donors (Lipinski definition) is 3. The minimum absolute atomic E-state index is 0.0259. The molecule has 2 atom stereocenters. The average Bonchev–Trinajstić information content (AvgIpc) is 3.03. The summed E-state index contributed by atoms with van der Waals surface area (Å²) in [6, 6.07) is -1.26. The van der Waals surface area contributed by atoms with Gasteiger partial charge >= 0.3 is 11.7 Å². The summed E-state index contributed by atoms with van der Waals surface area (Å²) in [6.07, 6.45) is 6.07. The van der Waals surface area contributed by atoms with Crippen molar-refractivity contribution in [3.8, 4) is 0 Å². The maximum atomic E-state index is 12.9. The Kier molecular flexibility index (Phi) is 5.93. The molecule has 0 radical (unpaired) electrons. The molecule has 3 rings (SSSR count). The van der Waals surface area contributed by atoms with Gasteiger partial charge in [0.15, 0.2) is 0 Å². The summed E-state index contributed by atoms with van der Waals surface area (Å²) in [7, 11) is 0. The fourth-order valence-electron chi connectivity index (χ4n) is 4.09. The minimum Gasteiger partial charge on any atom is -0.465 e. The number of esters is 1. The third-order valence-electron chi connectivity index (χ3n) is 5.39. The highest BCUT2D eigenvalue weighted by Gasteiger charge is 2.32. The molecule has 2 aliphatic carbocycles. The van der Waals surface area contributed by atoms with E-state index in [0.29, 0.717) is 24.1 Å². The van der Waals surface area contributed by atoms with Crippen LogP contribution in [-0.4, -0.2) is 39.9 Å². The number of fused-ring (bicyclic) bond motifs is 1. The van der Waals surface area contributed by atoms with Crippen molar-refractivity contribution >= 4 is 5.97 Å². The Balaban J connectivity index is 1.86. The first-order valence-electron chi connectivity index (χ1n) is 9.48. The van der Waals surface area contributed by atoms with E-state index in [9.17, 15) is 19.5 Å². The molecular weight excluding hydrogens is 338 g/mol. The molecule has 2 aliphatic rings. The van der Waals surface area contributed by atoms with Crippen LogP contribution in [0.5, 0.6) is 0 Å². The molecule has 1 saturated carbocycles. The second kappa shape index (κ2) is 8.18. The molecule has 0 saturated heterocycles. The number of H-pyrrole nitrogens is 1. The Morgan fingerprint density at radius 1 is 1.31 bits per heavy atom. The van der Waals surface area contributed by atoms with E-state index in [4.69, 9.17) is 4.74 Å². The van der Waals surface area contributed by atoms with Crippen LogP contribution in [0.25, 0.3) is 0 Å². The van der Waals surface area contributed by atoms with Gasteiger partial charge in [0, 0.05) is 23.3 Å². The molecule has 1 aromatic rings. The smallest absolute Gasteiger partial charge is 0.328 e. The molecule has 0 aliphatic heterocycles. The maximum Gasteiger partial charge on any atom is 0.328 e. The van der Waals surface area contributed by atoms with E-state index >= 15 is 0 Å². The molecular formula is C18H27N3O5. The topological polar surface area (TPSA) is 113 Å². The van der Waals surface area contributed by atoms with Crippen molar-refractivity contribution in [1.82, 2.24) is 14.9 Å². The molecule has 1 heterocycles. The van der Waals surface area contributed by atoms with Crippen molar-refractivity contribution in [1.29, 1.82) is 0 Å². The lowest BCUT2D eigenvalue weighted by atomic mass is 9.95. The van der Waals surface area contributed by atoms with Gasteiger partial charge in [0.2, 0.25) is 0 Å². The van der Waals surface area contributed by atoms with Gasteiger partial charge in [-0.25, -0.2) is 4.79 Å². The highest BCUT2D eigenvalue weighted by molar-refractivity contribution is 5.76. The van der Waals surface area contributed by atoms with Crippen LogP contribution in [0.4, 0.5) is 0 Å². The number of nitrogens with one attached hydrogen (secondary N) is 2. The van der Waals surface area contributed by atoms with Crippen LogP contribution in [0.1, 0.15) is 68.8 Å². The number of rotatable bonds is 6. The number of aliphatic hydroxyl groups excluding tert-OH is 1. The number of aromatic nitrogens is 2. The molecule has 26 heavy (non-hydrogen) atoms. The molecule has 144 valence electrons. The van der Waals surface area contributed by atoms with Crippen LogP contribution in [0.2, 0.25) is 0 Å². The standard InChI is InChI=1S/C18H27N3O5/c1-2-26-17(24)14(10-22)19-13-9-8-12-15(13)20-18(25)21(16(12)23)11-6-4-3-5-7-11/h11,13-14,19,22H,2-10H2,1H3,(H,20,25)/t13-,14-/m0/s1. The van der Waals surface area contributed by atoms with Gasteiger partial charge < -0.3 is 14.8 Å². The van der Waals surface area contributed by atoms with E-state index < -0.39 is 18.6 Å². The number of carbonyl (C=O) groups is 1. The van der Waals surface area contributed by atoms with Crippen LogP contribution in [0.15, 0.2) is 9.59 Å². The molecule has 8 nitrogen and oxygen atoms in total. The number of aliphatic hydroxyl groups is 1. The highest BCUT2D eigenvalue weighted by Crippen LogP contribution is 2.29. The number of aromatic amines is 1. The number of hydrogen-bond acceptors (Lipinski definition) is 6. The number of nitrogens with zero attached hydrogens (tertiary/aromatic N) is 1. The summed E-state index contributed by atoms with van der Waals surface area (Å²) in [5, 5.41) is 12.5. The van der Waals surface area contributed by atoms with Gasteiger partial charge in [-0.3, -0.25) is 19.5 Å². The monoisotopic (exact) mass is 365 g/mol. The van der Waals surface area contributed by atoms with Crippen LogP contribution in [-0.2, 0) is 16.0 Å². The van der Waals surface area contributed by atoms with Gasteiger partial charge in [-0.15, -0.1) is 0 Å². The van der Waals surface area contributed by atoms with Crippen LogP contribution in [0, 0.1) is 0 Å². The zero-order valence-electron chi connectivity index (χ0n) is 15.1. The first-order valence-corrected chi connectivity index (χ1v) is 9.48. The molecule has 0 spiro atoms. The van der Waals surface area contributed by atoms with E-state index in [2.05, 4.69) is 10.3 Å². The molecule has 3 N–H and O–H groups in total. The first kappa shape index (κ1) is 18.8. The third-order valence-corrected chi connectivity index (χ3v) is 5.39. The summed E-state index contributed by atoms with van der Waals surface area (Å²) >= 11 is 0. The van der Waals surface area contributed by atoms with Gasteiger partial charge in [-0.2, -0.15) is 0 Å². The zero-order chi connectivity index (χ0) is 18.7. The summed E-state index contributed by atoms with van der Waals surface area (Å²) in [4.78, 5) is 40.2. The van der Waals surface area contributed by atoms with Crippen molar-refractivity contribution in [3.05, 3.63) is 32.1 Å². The lowest BCUT2D eigenvalue weighted by molar-refractivity contribution is -0.147. The third kappa shape index (κ3) is 3.61. The maximum absolute atomic E-state index is 12.9. The van der Waals surface area contributed by atoms with E-state index in [1.165, 1.54) is 4.57 Å². The van der Waals surface area contributed by atoms with E-state index in [1.807, 2.05) is 0 Å². The Morgan fingerprint density at radius 3 is 2.69 bits per heavy atom. The Labute approximate surface area is 151 Å².